The number of hydrogen-bond donors (Lipinski definition) is 1. The zero-order valence-electron chi connectivity index (χ0n) is 9.17. The third-order valence-corrected chi connectivity index (χ3v) is 3.66. The Morgan fingerprint density at radius 1 is 1.33 bits per heavy atom. The van der Waals surface area contributed by atoms with Crippen LogP contribution in [-0.4, -0.2) is 5.54 Å². The van der Waals surface area contributed by atoms with Gasteiger partial charge in [0.15, 0.2) is 0 Å². The molecule has 0 amide bonds. The van der Waals surface area contributed by atoms with Crippen LogP contribution in [0.25, 0.3) is 0 Å². The molecular formula is C13H18ClN. The quantitative estimate of drug-likeness (QED) is 0.828. The predicted octanol–water partition coefficient (Wildman–Crippen LogP) is 3.72. The zero-order valence-corrected chi connectivity index (χ0v) is 9.93. The van der Waals surface area contributed by atoms with E-state index in [2.05, 4.69) is 19.1 Å². The predicted molar refractivity (Wildman–Crippen MR) is 65.3 cm³/mol. The lowest BCUT2D eigenvalue weighted by Gasteiger charge is -2.14. The van der Waals surface area contributed by atoms with E-state index in [0.29, 0.717) is 5.92 Å². The van der Waals surface area contributed by atoms with Crippen LogP contribution in [0.3, 0.4) is 0 Å². The molecule has 1 saturated carbocycles. The van der Waals surface area contributed by atoms with Gasteiger partial charge in [-0.05, 0) is 49.3 Å². The van der Waals surface area contributed by atoms with Crippen LogP contribution >= 0.6 is 11.6 Å². The highest BCUT2D eigenvalue weighted by molar-refractivity contribution is 6.30. The lowest BCUT2D eigenvalue weighted by Crippen LogP contribution is -2.21. The van der Waals surface area contributed by atoms with Gasteiger partial charge in [0.1, 0.15) is 0 Å². The molecule has 0 heterocycles. The van der Waals surface area contributed by atoms with Crippen molar-refractivity contribution in [3.05, 3.63) is 34.9 Å². The highest BCUT2D eigenvalue weighted by Crippen LogP contribution is 2.38. The van der Waals surface area contributed by atoms with Gasteiger partial charge in [-0.15, -0.1) is 0 Å². The molecule has 0 spiro atoms. The highest BCUT2D eigenvalue weighted by Gasteiger charge is 2.37. The Kier molecular flexibility index (Phi) is 3.03. The van der Waals surface area contributed by atoms with Crippen molar-refractivity contribution in [2.45, 2.75) is 44.1 Å². The number of hydrogen-bond acceptors (Lipinski definition) is 1. The van der Waals surface area contributed by atoms with E-state index in [-0.39, 0.29) is 5.54 Å². The second kappa shape index (κ2) is 4.15. The van der Waals surface area contributed by atoms with E-state index in [1.165, 1.54) is 24.8 Å². The standard InChI is InChI=1S/C13H18ClN/c1-10(6-7-13(15)8-9-13)11-2-4-12(14)5-3-11/h2-5,10H,6-9,15H2,1H3. The normalized spacial score (nSPS) is 19.9. The highest BCUT2D eigenvalue weighted by atomic mass is 35.5. The SMILES string of the molecule is CC(CCC1(N)CC1)c1ccc(Cl)cc1. The van der Waals surface area contributed by atoms with Crippen molar-refractivity contribution in [3.8, 4) is 0 Å². The van der Waals surface area contributed by atoms with Crippen molar-refractivity contribution in [1.82, 2.24) is 0 Å². The van der Waals surface area contributed by atoms with Gasteiger partial charge in [-0.2, -0.15) is 0 Å². The maximum atomic E-state index is 6.08. The van der Waals surface area contributed by atoms with Gasteiger partial charge in [-0.3, -0.25) is 0 Å². The first-order valence-corrected chi connectivity index (χ1v) is 6.01. The molecule has 1 aromatic rings. The molecule has 1 aliphatic carbocycles. The van der Waals surface area contributed by atoms with E-state index in [1.807, 2.05) is 12.1 Å². The largest absolute Gasteiger partial charge is 0.325 e. The van der Waals surface area contributed by atoms with Gasteiger partial charge in [0.25, 0.3) is 0 Å². The van der Waals surface area contributed by atoms with E-state index in [0.717, 1.165) is 11.4 Å². The summed E-state index contributed by atoms with van der Waals surface area (Å²) in [6.07, 6.45) is 4.75. The van der Waals surface area contributed by atoms with Gasteiger partial charge in [0.2, 0.25) is 0 Å². The molecule has 2 heteroatoms. The summed E-state index contributed by atoms with van der Waals surface area (Å²) in [4.78, 5) is 0. The smallest absolute Gasteiger partial charge is 0.0406 e. The van der Waals surface area contributed by atoms with Crippen LogP contribution in [0.2, 0.25) is 5.02 Å². The van der Waals surface area contributed by atoms with Crippen molar-refractivity contribution < 1.29 is 0 Å². The summed E-state index contributed by atoms with van der Waals surface area (Å²) in [6, 6.07) is 8.15. The van der Waals surface area contributed by atoms with Gasteiger partial charge >= 0.3 is 0 Å². The third-order valence-electron chi connectivity index (χ3n) is 3.41. The Balaban J connectivity index is 1.89. The van der Waals surface area contributed by atoms with E-state index in [4.69, 9.17) is 17.3 Å². The number of benzene rings is 1. The van der Waals surface area contributed by atoms with Crippen molar-refractivity contribution in [1.29, 1.82) is 0 Å². The fourth-order valence-electron chi connectivity index (χ4n) is 1.87. The fraction of sp³-hybridized carbons (Fsp3) is 0.538. The minimum absolute atomic E-state index is 0.181. The summed E-state index contributed by atoms with van der Waals surface area (Å²) < 4.78 is 0. The first-order chi connectivity index (χ1) is 7.09. The maximum Gasteiger partial charge on any atom is 0.0406 e. The molecule has 1 atom stereocenters. The van der Waals surface area contributed by atoms with Crippen LogP contribution in [0.5, 0.6) is 0 Å². The molecule has 0 saturated heterocycles. The first kappa shape index (κ1) is 11.0. The molecule has 82 valence electrons. The van der Waals surface area contributed by atoms with Crippen molar-refractivity contribution in [2.24, 2.45) is 5.73 Å². The second-order valence-electron chi connectivity index (χ2n) is 4.85. The monoisotopic (exact) mass is 223 g/mol. The molecule has 2 N–H and O–H groups in total. The third kappa shape index (κ3) is 2.96. The van der Waals surface area contributed by atoms with Gasteiger partial charge < -0.3 is 5.73 Å². The number of rotatable bonds is 4. The molecule has 1 aromatic carbocycles. The average Bonchev–Trinajstić information content (AvgIpc) is 2.95. The van der Waals surface area contributed by atoms with Crippen molar-refractivity contribution in [2.75, 3.05) is 0 Å². The molecule has 1 nitrogen and oxygen atoms in total. The molecule has 1 fully saturated rings. The fourth-order valence-corrected chi connectivity index (χ4v) is 2.00. The van der Waals surface area contributed by atoms with E-state index < -0.39 is 0 Å². The molecule has 1 unspecified atom stereocenters. The van der Waals surface area contributed by atoms with E-state index in [9.17, 15) is 0 Å². The zero-order chi connectivity index (χ0) is 10.9. The maximum absolute atomic E-state index is 6.08. The Bertz CT molecular complexity index is 327. The van der Waals surface area contributed by atoms with E-state index >= 15 is 0 Å². The summed E-state index contributed by atoms with van der Waals surface area (Å²) in [5.41, 5.74) is 7.62. The number of halogens is 1. The van der Waals surface area contributed by atoms with Crippen molar-refractivity contribution in [3.63, 3.8) is 0 Å². The molecule has 15 heavy (non-hydrogen) atoms. The molecule has 1 aliphatic rings. The van der Waals surface area contributed by atoms with Crippen LogP contribution < -0.4 is 5.73 Å². The van der Waals surface area contributed by atoms with Crippen LogP contribution in [0.4, 0.5) is 0 Å². The molecule has 0 aliphatic heterocycles. The number of nitrogens with two attached hydrogens (primary N) is 1. The second-order valence-corrected chi connectivity index (χ2v) is 5.29. The molecule has 2 rings (SSSR count). The average molecular weight is 224 g/mol. The Morgan fingerprint density at radius 2 is 1.93 bits per heavy atom. The minimum atomic E-state index is 0.181. The summed E-state index contributed by atoms with van der Waals surface area (Å²) in [6.45, 7) is 2.26. The molecule has 0 aromatic heterocycles. The molecule has 0 bridgehead atoms. The van der Waals surface area contributed by atoms with Crippen LogP contribution in [0, 0.1) is 0 Å². The van der Waals surface area contributed by atoms with Crippen molar-refractivity contribution >= 4 is 11.6 Å². The lowest BCUT2D eigenvalue weighted by molar-refractivity contribution is 0.533. The van der Waals surface area contributed by atoms with Crippen LogP contribution in [0.1, 0.15) is 44.1 Å². The topological polar surface area (TPSA) is 26.0 Å². The summed E-state index contributed by atoms with van der Waals surface area (Å²) in [5.74, 6) is 0.586. The van der Waals surface area contributed by atoms with Gasteiger partial charge in [-0.1, -0.05) is 30.7 Å². The lowest BCUT2D eigenvalue weighted by atomic mass is 9.94. The van der Waals surface area contributed by atoms with Crippen LogP contribution in [-0.2, 0) is 0 Å². The summed E-state index contributed by atoms with van der Waals surface area (Å²) in [7, 11) is 0. The Hall–Kier alpha value is -0.530. The van der Waals surface area contributed by atoms with Crippen LogP contribution in [0.15, 0.2) is 24.3 Å². The van der Waals surface area contributed by atoms with Gasteiger partial charge in [0.05, 0.1) is 0 Å². The molecular weight excluding hydrogens is 206 g/mol. The summed E-state index contributed by atoms with van der Waals surface area (Å²) >= 11 is 5.86. The Morgan fingerprint density at radius 3 is 2.47 bits per heavy atom. The minimum Gasteiger partial charge on any atom is -0.325 e. The Labute approximate surface area is 96.6 Å². The summed E-state index contributed by atoms with van der Waals surface area (Å²) in [5, 5.41) is 0.809. The molecule has 0 radical (unpaired) electrons. The first-order valence-electron chi connectivity index (χ1n) is 5.63. The van der Waals surface area contributed by atoms with Gasteiger partial charge in [-0.25, -0.2) is 0 Å². The van der Waals surface area contributed by atoms with Gasteiger partial charge in [0, 0.05) is 10.6 Å². The van der Waals surface area contributed by atoms with E-state index in [1.54, 1.807) is 0 Å².